The van der Waals surface area contributed by atoms with Crippen LogP contribution in [0, 0.1) is 18.6 Å². The monoisotopic (exact) mass is 782 g/mol. The zero-order valence-corrected chi connectivity index (χ0v) is 27.4. The van der Waals surface area contributed by atoms with Gasteiger partial charge in [0.2, 0.25) is 5.91 Å². The number of benzene rings is 4. The van der Waals surface area contributed by atoms with Gasteiger partial charge in [-0.05, 0) is 72.1 Å². The summed E-state index contributed by atoms with van der Waals surface area (Å²) in [5.74, 6) is -7.58. The molecule has 1 saturated heterocycles. The molecule has 4 aromatic rings. The number of methoxy groups -OCH3 is 1. The van der Waals surface area contributed by atoms with Crippen molar-refractivity contribution in [3.63, 3.8) is 0 Å². The van der Waals surface area contributed by atoms with Gasteiger partial charge in [-0.25, -0.2) is 8.78 Å². The van der Waals surface area contributed by atoms with E-state index >= 15 is 9.18 Å². The standard InChI is InChI=1S/C41H42F5N3O3S/c1-27-22-29(28-12-14-32(15-13-28)41(44,45)46)10-11-30(27)24-48(33-16-18-47(19-17-33)20-21-52-2)38(51)25-49-36-9-4-3-7-34(36)37(50)23-39(49)53-26-31-6-5-8-35(42)40(31)43/h3-15,22-23,33,37,50H,16-21,24-26H2,1-2H3/i2D3,3D,4D,5D,6D,7D,8D,9D,10D,11D,12D,13D,14D,15D,16D2,17D2,18D2,19D2,20D2,22D,23D,24D2,33D. The molecular weight excluding hydrogens is 710 g/mol. The van der Waals surface area contributed by atoms with Crippen LogP contribution < -0.4 is 4.90 Å². The summed E-state index contributed by atoms with van der Waals surface area (Å²) >= 11 is -0.0194. The van der Waals surface area contributed by atoms with Gasteiger partial charge in [0.1, 0.15) is 12.6 Å². The van der Waals surface area contributed by atoms with Gasteiger partial charge >= 0.3 is 6.18 Å². The summed E-state index contributed by atoms with van der Waals surface area (Å²) in [4.78, 5) is 14.2. The number of nitrogens with zero attached hydrogens (tertiary/aromatic N) is 3. The summed E-state index contributed by atoms with van der Waals surface area (Å²) in [5, 5.41) is 10.5. The van der Waals surface area contributed by atoms with E-state index in [4.69, 9.17) is 32.9 Å². The Kier molecular flexibility index (Phi) is 4.92. The highest BCUT2D eigenvalue weighted by Crippen LogP contribution is 2.41. The average molecular weight is 783 g/mol. The van der Waals surface area contributed by atoms with E-state index in [1.54, 1.807) is 0 Å². The molecule has 12 heteroatoms. The van der Waals surface area contributed by atoms with Gasteiger partial charge < -0.3 is 24.5 Å². The van der Waals surface area contributed by atoms with Gasteiger partial charge in [0, 0.05) is 75.3 Å². The topological polar surface area (TPSA) is 56.3 Å². The fourth-order valence-corrected chi connectivity index (χ4v) is 5.44. The number of alkyl halides is 3. The summed E-state index contributed by atoms with van der Waals surface area (Å²) < 4.78 is 347. The molecule has 1 amide bonds. The molecule has 0 bridgehead atoms. The molecule has 2 aliphatic heterocycles. The van der Waals surface area contributed by atoms with Crippen LogP contribution in [0.2, 0.25) is 0 Å². The van der Waals surface area contributed by atoms with Crippen molar-refractivity contribution in [2.45, 2.75) is 50.2 Å². The maximum atomic E-state index is 15.9. The number of aliphatic hydroxyl groups is 1. The first-order valence-corrected chi connectivity index (χ1v) is 15.6. The van der Waals surface area contributed by atoms with Crippen LogP contribution in [0.5, 0.6) is 0 Å². The first kappa shape index (κ1) is 15.5. The Morgan fingerprint density at radius 1 is 1.06 bits per heavy atom. The molecule has 1 atom stereocenters. The number of hydrogen-bond donors (Lipinski definition) is 1. The minimum absolute atomic E-state index is 0.0194. The van der Waals surface area contributed by atoms with Crippen molar-refractivity contribution in [1.29, 1.82) is 0 Å². The molecule has 6 nitrogen and oxygen atoms in total. The number of anilines is 1. The molecule has 2 aliphatic rings. The Morgan fingerprint density at radius 2 is 1.79 bits per heavy atom. The van der Waals surface area contributed by atoms with Crippen molar-refractivity contribution in [1.82, 2.24) is 9.80 Å². The van der Waals surface area contributed by atoms with Gasteiger partial charge in [0.05, 0.1) is 46.0 Å². The smallest absolute Gasteiger partial charge is 0.384 e. The number of thioether (sulfide) groups is 1. The molecule has 1 unspecified atom stereocenters. The highest BCUT2D eigenvalue weighted by atomic mass is 32.2. The molecule has 4 aromatic carbocycles. The molecule has 0 radical (unpaired) electrons. The summed E-state index contributed by atoms with van der Waals surface area (Å²) in [6.07, 6.45) is -18.0. The number of para-hydroxylation sites is 1. The zero-order chi connectivity index (χ0) is 64.9. The normalized spacial score (nSPS) is 30.5. The first-order valence-electron chi connectivity index (χ1n) is 30.1. The predicted molar refractivity (Wildman–Crippen MR) is 198 cm³/mol. The van der Waals surface area contributed by atoms with Crippen molar-refractivity contribution in [3.8, 4) is 11.1 Å². The van der Waals surface area contributed by atoms with E-state index in [-0.39, 0.29) is 16.7 Å². The second kappa shape index (κ2) is 16.8. The Morgan fingerprint density at radius 3 is 2.53 bits per heavy atom. The lowest BCUT2D eigenvalue weighted by molar-refractivity contribution is -0.137. The zero-order valence-electron chi connectivity index (χ0n) is 57.6. The van der Waals surface area contributed by atoms with Crippen LogP contribution >= 0.6 is 11.8 Å². The van der Waals surface area contributed by atoms with E-state index in [9.17, 15) is 32.3 Å². The molecule has 0 aliphatic carbocycles. The molecule has 53 heavy (non-hydrogen) atoms. The van der Waals surface area contributed by atoms with Gasteiger partial charge in [-0.2, -0.15) is 13.2 Å². The van der Waals surface area contributed by atoms with E-state index in [0.29, 0.717) is 6.92 Å². The van der Waals surface area contributed by atoms with Crippen LogP contribution in [0.4, 0.5) is 27.6 Å². The quantitative estimate of drug-likeness (QED) is 0.145. The average Bonchev–Trinajstić information content (AvgIpc) is 0.768. The Labute approximate surface area is 354 Å². The lowest BCUT2D eigenvalue weighted by Gasteiger charge is -2.41. The van der Waals surface area contributed by atoms with Crippen molar-refractivity contribution in [2.24, 2.45) is 0 Å². The van der Waals surface area contributed by atoms with Gasteiger partial charge in [0.25, 0.3) is 0 Å². The van der Waals surface area contributed by atoms with E-state index in [0.717, 1.165) is 0 Å². The summed E-state index contributed by atoms with van der Waals surface area (Å²) in [6, 6.07) is -26.6. The largest absolute Gasteiger partial charge is 0.416 e. The van der Waals surface area contributed by atoms with Crippen LogP contribution in [0.15, 0.2) is 95.7 Å². The molecule has 0 spiro atoms. The lowest BCUT2D eigenvalue weighted by Crippen LogP contribution is -2.50. The number of likely N-dealkylation sites (tertiary alicyclic amines) is 1. The van der Waals surface area contributed by atoms with Gasteiger partial charge in [-0.3, -0.25) is 4.79 Å². The van der Waals surface area contributed by atoms with Gasteiger partial charge in [-0.1, -0.05) is 60.4 Å². The van der Waals surface area contributed by atoms with Crippen molar-refractivity contribution < 1.29 is 79.1 Å². The molecule has 6 rings (SSSR count). The van der Waals surface area contributed by atoms with E-state index < -0.39 is 251 Å². The predicted octanol–water partition coefficient (Wildman–Crippen LogP) is 8.73. The van der Waals surface area contributed by atoms with Crippen molar-refractivity contribution in [2.75, 3.05) is 44.6 Å². The fraction of sp³-hybridized carbons (Fsp3) is 0.341. The second-order valence-corrected chi connectivity index (χ2v) is 11.4. The second-order valence-electron chi connectivity index (χ2n) is 10.4. The van der Waals surface area contributed by atoms with Gasteiger partial charge in [-0.15, -0.1) is 11.8 Å². The van der Waals surface area contributed by atoms with Crippen LogP contribution in [0.1, 0.15) is 89.2 Å². The van der Waals surface area contributed by atoms with E-state index in [1.165, 1.54) is 0 Å². The number of ether oxygens (including phenoxy) is 1. The molecule has 1 fully saturated rings. The van der Waals surface area contributed by atoms with Crippen LogP contribution in [0.25, 0.3) is 11.1 Å². The molecular formula is C41H42F5N3O3S. The lowest BCUT2D eigenvalue weighted by atomic mass is 9.97. The van der Waals surface area contributed by atoms with Crippen molar-refractivity contribution >= 4 is 23.4 Å². The Hall–Kier alpha value is -4.23. The fourth-order valence-electron chi connectivity index (χ4n) is 4.45. The van der Waals surface area contributed by atoms with Crippen LogP contribution in [0.3, 0.4) is 0 Å². The number of fused-ring (bicyclic) bond motifs is 1. The summed E-state index contributed by atoms with van der Waals surface area (Å²) in [7, 11) is -3.58. The number of carbonyl (C=O) groups excluding carboxylic acids is 1. The Bertz CT molecular complexity index is 3360. The third-order valence-corrected chi connectivity index (χ3v) is 8.00. The number of piperidine rings is 1. The SMILES string of the molecule is [2H]C1=C(SCc2c([2H])c([2H])c([2H])c(F)c2F)N(CC(=O)N(C([2H])([2H])c2c([2H])c([2H])c(-c3c([2H])c([2H])c(C(F)(F)F)c([2H])c3[2H])c([2H])c2C)C2([2H])C([2H])([2H])C([2H])([2H])N(C([2H])([2H])COC([2H])([2H])[2H])C([2H])([2H])C2([2H])[2H])c2c([2H])c([2H])c([2H])c([2H])c2C1O. The third-order valence-electron chi connectivity index (χ3n) is 6.96. The summed E-state index contributed by atoms with van der Waals surface area (Å²) in [5.41, 5.74) is -10.8. The number of amides is 1. The molecule has 0 saturated carbocycles. The highest BCUT2D eigenvalue weighted by molar-refractivity contribution is 8.02. The Balaban J connectivity index is 1.75. The third kappa shape index (κ3) is 9.12. The number of aliphatic hydroxyl groups excluding tert-OH is 1. The van der Waals surface area contributed by atoms with Crippen molar-refractivity contribution in [3.05, 3.63) is 135 Å². The molecule has 1 N–H and O–H groups in total. The first-order chi connectivity index (χ1) is 37.7. The van der Waals surface area contributed by atoms with E-state index in [2.05, 4.69) is 4.74 Å². The maximum absolute atomic E-state index is 15.9. The molecule has 0 aromatic heterocycles. The number of halogens is 5. The van der Waals surface area contributed by atoms with Gasteiger partial charge in [0.15, 0.2) is 11.6 Å². The van der Waals surface area contributed by atoms with Crippen LogP contribution in [-0.2, 0) is 28.0 Å². The molecule has 280 valence electrons. The number of rotatable bonds is 12. The maximum Gasteiger partial charge on any atom is 0.416 e. The molecule has 2 heterocycles. The van der Waals surface area contributed by atoms with Crippen LogP contribution in [-0.4, -0.2) is 66.5 Å². The minimum Gasteiger partial charge on any atom is -0.384 e. The number of carbonyl (C=O) groups is 1. The number of hydrogen-bond acceptors (Lipinski definition) is 6. The minimum atomic E-state index is -5.56. The highest BCUT2D eigenvalue weighted by Gasteiger charge is 2.33. The van der Waals surface area contributed by atoms with E-state index in [1.807, 2.05) is 0 Å². The summed E-state index contributed by atoms with van der Waals surface area (Å²) in [6.45, 7) is -21.6.